The summed E-state index contributed by atoms with van der Waals surface area (Å²) in [4.78, 5) is 4.59. The van der Waals surface area contributed by atoms with E-state index in [1.165, 1.54) is 10.8 Å². The topological polar surface area (TPSA) is 70.3 Å². The van der Waals surface area contributed by atoms with Crippen molar-refractivity contribution in [3.8, 4) is 5.75 Å². The summed E-state index contributed by atoms with van der Waals surface area (Å²) >= 11 is 0. The fourth-order valence-electron chi connectivity index (χ4n) is 5.36. The number of fused-ring (bicyclic) bond motifs is 3. The van der Waals surface area contributed by atoms with Crippen LogP contribution in [0.15, 0.2) is 72.8 Å². The summed E-state index contributed by atoms with van der Waals surface area (Å²) in [5, 5.41) is 23.0. The average molecular weight is 518 g/mol. The molecule has 4 aromatic rings. The Bertz CT molecular complexity index is 1230. The molecule has 0 saturated carbocycles. The van der Waals surface area contributed by atoms with Gasteiger partial charge in [-0.25, -0.2) is 0 Å². The molecule has 0 amide bonds. The van der Waals surface area contributed by atoms with Gasteiger partial charge >= 0.3 is 0 Å². The van der Waals surface area contributed by atoms with E-state index in [-0.39, 0.29) is 6.61 Å². The van der Waals surface area contributed by atoms with Crippen molar-refractivity contribution in [2.75, 3.05) is 59.2 Å². The molecule has 5 rings (SSSR count). The Morgan fingerprint density at radius 2 is 1.55 bits per heavy atom. The van der Waals surface area contributed by atoms with Gasteiger partial charge in [0.2, 0.25) is 0 Å². The third-order valence-corrected chi connectivity index (χ3v) is 7.28. The molecule has 3 aromatic carbocycles. The monoisotopic (exact) mass is 517 g/mol. The first-order valence-electron chi connectivity index (χ1n) is 13.7. The Hall–Kier alpha value is -2.94. The molecule has 1 aliphatic rings. The number of para-hydroxylation sites is 2. The van der Waals surface area contributed by atoms with Crippen molar-refractivity contribution in [1.82, 2.24) is 14.4 Å². The molecular weight excluding hydrogens is 478 g/mol. The van der Waals surface area contributed by atoms with Crippen LogP contribution in [0.1, 0.15) is 12.0 Å². The smallest absolute Gasteiger partial charge is 0.119 e. The fourth-order valence-corrected chi connectivity index (χ4v) is 5.36. The third-order valence-electron chi connectivity index (χ3n) is 7.28. The highest BCUT2D eigenvalue weighted by molar-refractivity contribution is 6.07. The van der Waals surface area contributed by atoms with Gasteiger partial charge in [-0.05, 0) is 36.2 Å². The standard InChI is InChI=1S/C31H39N3O4/c35-18-5-14-33(22-25-10-12-27(13-11-25)38-21-17-32-15-19-37-20-16-32)23-26(36)24-34-30-8-3-1-6-28(30)29-7-2-4-9-31(29)34/h1-4,6-13,26,35-36H,5,14-24H2/t26-/m1/s1. The van der Waals surface area contributed by atoms with Crippen LogP contribution < -0.4 is 4.74 Å². The van der Waals surface area contributed by atoms with Gasteiger partial charge < -0.3 is 24.3 Å². The number of nitrogens with zero attached hydrogens (tertiary/aromatic N) is 3. The van der Waals surface area contributed by atoms with Gasteiger partial charge in [-0.2, -0.15) is 0 Å². The molecule has 0 aliphatic carbocycles. The number of hydrogen-bond acceptors (Lipinski definition) is 6. The SMILES string of the molecule is OCCCN(Cc1ccc(OCCN2CCOCC2)cc1)C[C@@H](O)Cn1c2ccccc2c2ccccc21. The van der Waals surface area contributed by atoms with Crippen LogP contribution in [0.2, 0.25) is 0 Å². The number of rotatable bonds is 13. The molecule has 1 saturated heterocycles. The normalized spacial score (nSPS) is 15.4. The molecular formula is C31H39N3O4. The maximum atomic E-state index is 11.2. The molecule has 38 heavy (non-hydrogen) atoms. The molecule has 202 valence electrons. The van der Waals surface area contributed by atoms with Crippen molar-refractivity contribution in [2.24, 2.45) is 0 Å². The molecule has 2 N–H and O–H groups in total. The van der Waals surface area contributed by atoms with Gasteiger partial charge in [0, 0.05) is 67.7 Å². The molecule has 1 atom stereocenters. The van der Waals surface area contributed by atoms with Gasteiger partial charge in [-0.1, -0.05) is 48.5 Å². The summed E-state index contributed by atoms with van der Waals surface area (Å²) < 4.78 is 13.6. The third kappa shape index (κ3) is 6.73. The minimum absolute atomic E-state index is 0.134. The largest absolute Gasteiger partial charge is 0.492 e. The lowest BCUT2D eigenvalue weighted by molar-refractivity contribution is 0.0322. The van der Waals surface area contributed by atoms with Crippen LogP contribution in [0.25, 0.3) is 21.8 Å². The van der Waals surface area contributed by atoms with E-state index in [1.807, 2.05) is 24.3 Å². The second-order valence-electron chi connectivity index (χ2n) is 10.1. The van der Waals surface area contributed by atoms with Crippen LogP contribution in [0.4, 0.5) is 0 Å². The highest BCUT2D eigenvalue weighted by Gasteiger charge is 2.17. The van der Waals surface area contributed by atoms with Gasteiger partial charge in [0.15, 0.2) is 0 Å². The van der Waals surface area contributed by atoms with Crippen LogP contribution in [-0.4, -0.2) is 89.8 Å². The first kappa shape index (κ1) is 26.7. The van der Waals surface area contributed by atoms with E-state index in [2.05, 4.69) is 62.9 Å². The van der Waals surface area contributed by atoms with Gasteiger partial charge in [-0.15, -0.1) is 0 Å². The lowest BCUT2D eigenvalue weighted by atomic mass is 10.2. The minimum atomic E-state index is -0.546. The van der Waals surface area contributed by atoms with Crippen molar-refractivity contribution in [3.05, 3.63) is 78.4 Å². The van der Waals surface area contributed by atoms with Crippen molar-refractivity contribution < 1.29 is 19.7 Å². The van der Waals surface area contributed by atoms with Crippen LogP contribution >= 0.6 is 0 Å². The molecule has 1 aromatic heterocycles. The molecule has 1 fully saturated rings. The quantitative estimate of drug-likeness (QED) is 0.282. The Morgan fingerprint density at radius 3 is 2.21 bits per heavy atom. The van der Waals surface area contributed by atoms with E-state index in [0.717, 1.165) is 61.7 Å². The Labute approximate surface area is 224 Å². The number of morpholine rings is 1. The van der Waals surface area contributed by atoms with Crippen molar-refractivity contribution >= 4 is 21.8 Å². The summed E-state index contributed by atoms with van der Waals surface area (Å²) in [5.74, 6) is 0.871. The summed E-state index contributed by atoms with van der Waals surface area (Å²) in [5.41, 5.74) is 3.44. The zero-order valence-electron chi connectivity index (χ0n) is 22.0. The number of hydrogen-bond donors (Lipinski definition) is 2. The van der Waals surface area contributed by atoms with Crippen LogP contribution in [0, 0.1) is 0 Å². The molecule has 7 nitrogen and oxygen atoms in total. The Kier molecular flexibility index (Phi) is 9.28. The lowest BCUT2D eigenvalue weighted by Gasteiger charge is -2.26. The number of benzene rings is 3. The van der Waals surface area contributed by atoms with E-state index in [1.54, 1.807) is 0 Å². The summed E-state index contributed by atoms with van der Waals surface area (Å²) in [7, 11) is 0. The van der Waals surface area contributed by atoms with Gasteiger partial charge in [0.25, 0.3) is 0 Å². The second-order valence-corrected chi connectivity index (χ2v) is 10.1. The molecule has 0 unspecified atom stereocenters. The van der Waals surface area contributed by atoms with E-state index in [4.69, 9.17) is 9.47 Å². The fraction of sp³-hybridized carbons (Fsp3) is 0.419. The predicted molar refractivity (Wildman–Crippen MR) is 152 cm³/mol. The predicted octanol–water partition coefficient (Wildman–Crippen LogP) is 3.75. The minimum Gasteiger partial charge on any atom is -0.492 e. The zero-order chi connectivity index (χ0) is 26.2. The number of aliphatic hydroxyl groups excluding tert-OH is 2. The van der Waals surface area contributed by atoms with E-state index in [9.17, 15) is 10.2 Å². The van der Waals surface area contributed by atoms with Crippen molar-refractivity contribution in [1.29, 1.82) is 0 Å². The second kappa shape index (κ2) is 13.2. The lowest BCUT2D eigenvalue weighted by Crippen LogP contribution is -2.38. The number of ether oxygens (including phenoxy) is 2. The van der Waals surface area contributed by atoms with E-state index >= 15 is 0 Å². The number of aliphatic hydroxyl groups is 2. The summed E-state index contributed by atoms with van der Waals surface area (Å²) in [6, 6.07) is 25.0. The molecule has 7 heteroatoms. The maximum absolute atomic E-state index is 11.2. The van der Waals surface area contributed by atoms with Gasteiger partial charge in [0.1, 0.15) is 12.4 Å². The molecule has 0 spiro atoms. The zero-order valence-corrected chi connectivity index (χ0v) is 22.0. The maximum Gasteiger partial charge on any atom is 0.119 e. The van der Waals surface area contributed by atoms with Crippen molar-refractivity contribution in [3.63, 3.8) is 0 Å². The summed E-state index contributed by atoms with van der Waals surface area (Å²) in [6.45, 7) is 7.71. The Balaban J connectivity index is 1.19. The van der Waals surface area contributed by atoms with Crippen LogP contribution in [0.5, 0.6) is 5.75 Å². The van der Waals surface area contributed by atoms with Crippen molar-refractivity contribution in [2.45, 2.75) is 25.6 Å². The first-order valence-corrected chi connectivity index (χ1v) is 13.7. The van der Waals surface area contributed by atoms with Crippen LogP contribution in [0.3, 0.4) is 0 Å². The molecule has 1 aliphatic heterocycles. The summed E-state index contributed by atoms with van der Waals surface area (Å²) in [6.07, 6.45) is 0.126. The Morgan fingerprint density at radius 1 is 0.895 bits per heavy atom. The highest BCUT2D eigenvalue weighted by atomic mass is 16.5. The van der Waals surface area contributed by atoms with Crippen LogP contribution in [-0.2, 0) is 17.8 Å². The van der Waals surface area contributed by atoms with E-state index in [0.29, 0.717) is 32.7 Å². The van der Waals surface area contributed by atoms with Gasteiger partial charge in [0.05, 0.1) is 25.9 Å². The van der Waals surface area contributed by atoms with E-state index < -0.39 is 6.10 Å². The first-order chi connectivity index (χ1) is 18.7. The number of aromatic nitrogens is 1. The molecule has 0 radical (unpaired) electrons. The molecule has 0 bridgehead atoms. The highest BCUT2D eigenvalue weighted by Crippen LogP contribution is 2.29. The van der Waals surface area contributed by atoms with Gasteiger partial charge in [-0.3, -0.25) is 9.80 Å². The average Bonchev–Trinajstić information content (AvgIpc) is 3.26. The molecule has 2 heterocycles.